The molecule has 0 saturated heterocycles. The lowest BCUT2D eigenvalue weighted by atomic mass is 10.0. The predicted octanol–water partition coefficient (Wildman–Crippen LogP) is 4.01. The SMILES string of the molecule is C=CC(=C)C.CC[C@@H]1C(=O)Nc2cnc(C)nc2N1C1CCCC1. The van der Waals surface area contributed by atoms with Crippen LogP contribution >= 0.6 is 0 Å². The van der Waals surface area contributed by atoms with Crippen molar-refractivity contribution in [1.29, 1.82) is 0 Å². The molecule has 1 amide bonds. The summed E-state index contributed by atoms with van der Waals surface area (Å²) in [7, 11) is 0. The molecule has 3 rings (SSSR count). The van der Waals surface area contributed by atoms with Crippen molar-refractivity contribution in [2.24, 2.45) is 0 Å². The zero-order valence-corrected chi connectivity index (χ0v) is 15.0. The van der Waals surface area contributed by atoms with Gasteiger partial charge < -0.3 is 10.2 Å². The Balaban J connectivity index is 0.000000368. The Kier molecular flexibility index (Phi) is 6.12. The summed E-state index contributed by atoms with van der Waals surface area (Å²) >= 11 is 0. The summed E-state index contributed by atoms with van der Waals surface area (Å²) in [5.74, 6) is 1.74. The Bertz CT molecular complexity index is 620. The van der Waals surface area contributed by atoms with Crippen LogP contribution in [0.15, 0.2) is 31.0 Å². The van der Waals surface area contributed by atoms with Crippen LogP contribution in [0.2, 0.25) is 0 Å². The molecule has 1 aliphatic heterocycles. The number of amides is 1. The third-order valence-electron chi connectivity index (χ3n) is 4.48. The highest BCUT2D eigenvalue weighted by molar-refractivity contribution is 6.02. The van der Waals surface area contributed by atoms with Crippen LogP contribution in [0.25, 0.3) is 0 Å². The van der Waals surface area contributed by atoms with Crippen LogP contribution < -0.4 is 10.2 Å². The van der Waals surface area contributed by atoms with Crippen molar-refractivity contribution in [2.75, 3.05) is 10.2 Å². The van der Waals surface area contributed by atoms with E-state index in [4.69, 9.17) is 0 Å². The average Bonchev–Trinajstić information content (AvgIpc) is 3.08. The number of rotatable bonds is 3. The molecule has 2 aliphatic rings. The Hall–Kier alpha value is -2.17. The number of aromatic nitrogens is 2. The van der Waals surface area contributed by atoms with Gasteiger partial charge >= 0.3 is 0 Å². The molecule has 130 valence electrons. The van der Waals surface area contributed by atoms with Crippen molar-refractivity contribution in [2.45, 2.75) is 65.0 Å². The average molecular weight is 328 g/mol. The number of aryl methyl sites for hydroxylation is 1. The van der Waals surface area contributed by atoms with Gasteiger partial charge in [-0.05, 0) is 33.1 Å². The molecule has 0 aromatic carbocycles. The lowest BCUT2D eigenvalue weighted by Crippen LogP contribution is -2.52. The summed E-state index contributed by atoms with van der Waals surface area (Å²) in [6, 6.07) is 0.356. The third kappa shape index (κ3) is 4.02. The molecular formula is C19H28N4O. The maximum absolute atomic E-state index is 12.2. The van der Waals surface area contributed by atoms with Crippen LogP contribution in [0.4, 0.5) is 11.5 Å². The number of allylic oxidation sites excluding steroid dienone is 2. The minimum absolute atomic E-state index is 0.0781. The van der Waals surface area contributed by atoms with E-state index in [2.05, 4.69) is 40.3 Å². The molecule has 0 spiro atoms. The summed E-state index contributed by atoms with van der Waals surface area (Å²) in [5.41, 5.74) is 1.78. The quantitative estimate of drug-likeness (QED) is 0.852. The van der Waals surface area contributed by atoms with Gasteiger partial charge in [0.05, 0.1) is 6.20 Å². The van der Waals surface area contributed by atoms with E-state index < -0.39 is 0 Å². The number of hydrogen-bond acceptors (Lipinski definition) is 4. The summed E-state index contributed by atoms with van der Waals surface area (Å²) in [6.45, 7) is 12.9. The monoisotopic (exact) mass is 328 g/mol. The molecule has 5 heteroatoms. The van der Waals surface area contributed by atoms with Crippen LogP contribution in [0.3, 0.4) is 0 Å². The van der Waals surface area contributed by atoms with Crippen LogP contribution in [-0.4, -0.2) is 28.0 Å². The molecule has 0 unspecified atom stereocenters. The van der Waals surface area contributed by atoms with Gasteiger partial charge in [-0.2, -0.15) is 0 Å². The Morgan fingerprint density at radius 1 is 1.46 bits per heavy atom. The zero-order valence-electron chi connectivity index (χ0n) is 15.0. The van der Waals surface area contributed by atoms with Gasteiger partial charge in [-0.15, -0.1) is 0 Å². The van der Waals surface area contributed by atoms with E-state index in [-0.39, 0.29) is 11.9 Å². The number of nitrogens with zero attached hydrogens (tertiary/aromatic N) is 3. The molecular weight excluding hydrogens is 300 g/mol. The third-order valence-corrected chi connectivity index (χ3v) is 4.48. The second-order valence-electron chi connectivity index (χ2n) is 6.46. The number of anilines is 2. The molecule has 1 atom stereocenters. The molecule has 1 N–H and O–H groups in total. The second kappa shape index (κ2) is 8.08. The fourth-order valence-corrected chi connectivity index (χ4v) is 3.22. The van der Waals surface area contributed by atoms with Crippen molar-refractivity contribution in [3.63, 3.8) is 0 Å². The number of carbonyl (C=O) groups is 1. The summed E-state index contributed by atoms with van der Waals surface area (Å²) in [5, 5.41) is 2.94. The fourth-order valence-electron chi connectivity index (χ4n) is 3.22. The lowest BCUT2D eigenvalue weighted by Gasteiger charge is -2.40. The van der Waals surface area contributed by atoms with Crippen LogP contribution in [-0.2, 0) is 4.79 Å². The van der Waals surface area contributed by atoms with Crippen molar-refractivity contribution < 1.29 is 4.79 Å². The summed E-state index contributed by atoms with van der Waals surface area (Å²) < 4.78 is 0. The molecule has 1 aliphatic carbocycles. The molecule has 24 heavy (non-hydrogen) atoms. The lowest BCUT2D eigenvalue weighted by molar-refractivity contribution is -0.117. The first kappa shape index (κ1) is 18.2. The Morgan fingerprint density at radius 2 is 2.08 bits per heavy atom. The van der Waals surface area contributed by atoms with Gasteiger partial charge in [0.2, 0.25) is 5.91 Å². The summed E-state index contributed by atoms with van der Waals surface area (Å²) in [4.78, 5) is 23.2. The van der Waals surface area contributed by atoms with E-state index in [1.165, 1.54) is 12.8 Å². The van der Waals surface area contributed by atoms with Crippen molar-refractivity contribution in [3.05, 3.63) is 36.8 Å². The smallest absolute Gasteiger partial charge is 0.247 e. The van der Waals surface area contributed by atoms with E-state index >= 15 is 0 Å². The standard InChI is InChI=1S/C14H20N4O.C5H8/c1-3-12-14(19)17-11-8-15-9(2)16-13(11)18(12)10-6-4-5-7-10;1-4-5(2)3/h8,10,12H,3-7H2,1-2H3,(H,17,19);4H,1-2H2,3H3/t12-;/m1./s1. The van der Waals surface area contributed by atoms with Gasteiger partial charge in [-0.25, -0.2) is 9.97 Å². The molecule has 1 aromatic heterocycles. The Morgan fingerprint density at radius 3 is 2.62 bits per heavy atom. The molecule has 5 nitrogen and oxygen atoms in total. The zero-order chi connectivity index (χ0) is 17.7. The molecule has 1 saturated carbocycles. The number of fused-ring (bicyclic) bond motifs is 1. The van der Waals surface area contributed by atoms with Crippen LogP contribution in [0.1, 0.15) is 51.8 Å². The minimum Gasteiger partial charge on any atom is -0.340 e. The molecule has 1 aromatic rings. The largest absolute Gasteiger partial charge is 0.340 e. The van der Waals surface area contributed by atoms with Crippen molar-refractivity contribution >= 4 is 17.4 Å². The number of carbonyl (C=O) groups excluding carboxylic acids is 1. The van der Waals surface area contributed by atoms with E-state index in [1.54, 1.807) is 12.3 Å². The number of nitrogens with one attached hydrogen (secondary N) is 1. The first-order valence-corrected chi connectivity index (χ1v) is 8.68. The topological polar surface area (TPSA) is 58.1 Å². The van der Waals surface area contributed by atoms with E-state index in [1.807, 2.05) is 13.8 Å². The maximum atomic E-state index is 12.2. The van der Waals surface area contributed by atoms with Gasteiger partial charge in [-0.3, -0.25) is 4.79 Å². The highest BCUT2D eigenvalue weighted by atomic mass is 16.2. The van der Waals surface area contributed by atoms with Gasteiger partial charge in [0.15, 0.2) is 5.82 Å². The van der Waals surface area contributed by atoms with Crippen LogP contribution in [0.5, 0.6) is 0 Å². The highest BCUT2D eigenvalue weighted by Gasteiger charge is 2.38. The predicted molar refractivity (Wildman–Crippen MR) is 99.2 cm³/mol. The second-order valence-corrected chi connectivity index (χ2v) is 6.46. The molecule has 1 fully saturated rings. The minimum atomic E-state index is -0.0927. The molecule has 0 radical (unpaired) electrons. The number of hydrogen-bond donors (Lipinski definition) is 1. The van der Waals surface area contributed by atoms with E-state index in [9.17, 15) is 4.79 Å². The summed E-state index contributed by atoms with van der Waals surface area (Å²) in [6.07, 6.45) is 9.07. The van der Waals surface area contributed by atoms with Gasteiger partial charge in [0.25, 0.3) is 0 Å². The van der Waals surface area contributed by atoms with E-state index in [0.29, 0.717) is 6.04 Å². The Labute approximate surface area is 144 Å². The van der Waals surface area contributed by atoms with Gasteiger partial charge in [-0.1, -0.05) is 44.6 Å². The first-order chi connectivity index (χ1) is 11.5. The fraction of sp³-hybridized carbons (Fsp3) is 0.526. The van der Waals surface area contributed by atoms with Gasteiger partial charge in [0, 0.05) is 6.04 Å². The van der Waals surface area contributed by atoms with Crippen LogP contribution in [0, 0.1) is 6.92 Å². The molecule has 0 bridgehead atoms. The van der Waals surface area contributed by atoms with Crippen molar-refractivity contribution in [1.82, 2.24) is 9.97 Å². The molecule has 2 heterocycles. The highest BCUT2D eigenvalue weighted by Crippen LogP contribution is 2.36. The maximum Gasteiger partial charge on any atom is 0.247 e. The first-order valence-electron chi connectivity index (χ1n) is 8.68. The van der Waals surface area contributed by atoms with Gasteiger partial charge in [0.1, 0.15) is 17.6 Å². The van der Waals surface area contributed by atoms with E-state index in [0.717, 1.165) is 42.2 Å². The van der Waals surface area contributed by atoms with Crippen molar-refractivity contribution in [3.8, 4) is 0 Å². The normalized spacial score (nSPS) is 19.9.